The van der Waals surface area contributed by atoms with Gasteiger partial charge in [0.2, 0.25) is 5.91 Å². The lowest BCUT2D eigenvalue weighted by molar-refractivity contribution is -0.121. The first kappa shape index (κ1) is 18.4. The van der Waals surface area contributed by atoms with Crippen LogP contribution in [0, 0.1) is 0 Å². The van der Waals surface area contributed by atoms with Crippen LogP contribution in [0.1, 0.15) is 44.4 Å². The molecule has 0 saturated heterocycles. The van der Waals surface area contributed by atoms with Crippen molar-refractivity contribution in [3.63, 3.8) is 0 Å². The summed E-state index contributed by atoms with van der Waals surface area (Å²) >= 11 is 1.75. The van der Waals surface area contributed by atoms with Crippen LogP contribution in [0.15, 0.2) is 17.5 Å². The fourth-order valence-electron chi connectivity index (χ4n) is 1.74. The third kappa shape index (κ3) is 6.95. The van der Waals surface area contributed by atoms with Crippen molar-refractivity contribution >= 4 is 29.7 Å². The number of aryl methyl sites for hydroxylation is 1. The highest BCUT2D eigenvalue weighted by Gasteiger charge is 2.20. The van der Waals surface area contributed by atoms with Crippen LogP contribution in [0.25, 0.3) is 0 Å². The second-order valence-corrected chi connectivity index (χ2v) is 5.81. The van der Waals surface area contributed by atoms with Gasteiger partial charge in [0.1, 0.15) is 0 Å². The van der Waals surface area contributed by atoms with E-state index in [4.69, 9.17) is 5.73 Å². The van der Waals surface area contributed by atoms with Crippen molar-refractivity contribution in [1.82, 2.24) is 5.32 Å². The highest BCUT2D eigenvalue weighted by molar-refractivity contribution is 7.09. The Bertz CT molecular complexity index is 350. The molecule has 1 amide bonds. The Morgan fingerprint density at radius 2 is 2.11 bits per heavy atom. The SMILES string of the molecule is CCC(N)(CC)CNC(=O)CCCc1cccs1.Cl. The topological polar surface area (TPSA) is 55.1 Å². The predicted molar refractivity (Wildman–Crippen MR) is 85.0 cm³/mol. The van der Waals surface area contributed by atoms with Crippen LogP contribution in [-0.4, -0.2) is 18.0 Å². The number of nitrogens with one attached hydrogen (secondary N) is 1. The summed E-state index contributed by atoms with van der Waals surface area (Å²) in [5.74, 6) is 0.114. The minimum Gasteiger partial charge on any atom is -0.354 e. The lowest BCUT2D eigenvalue weighted by atomic mass is 9.94. The Labute approximate surface area is 126 Å². The van der Waals surface area contributed by atoms with E-state index in [1.165, 1.54) is 4.88 Å². The van der Waals surface area contributed by atoms with Crippen LogP contribution in [0.4, 0.5) is 0 Å². The van der Waals surface area contributed by atoms with E-state index in [-0.39, 0.29) is 23.9 Å². The van der Waals surface area contributed by atoms with Gasteiger partial charge in [0.25, 0.3) is 0 Å². The Kier molecular flexibility index (Phi) is 9.06. The van der Waals surface area contributed by atoms with E-state index in [1.54, 1.807) is 11.3 Å². The van der Waals surface area contributed by atoms with E-state index in [2.05, 4.69) is 30.6 Å². The molecule has 0 aliphatic heterocycles. The predicted octanol–water partition coefficient (Wildman–Crippen LogP) is 3.13. The average molecular weight is 305 g/mol. The number of carbonyl (C=O) groups excluding carboxylic acids is 1. The molecule has 110 valence electrons. The van der Waals surface area contributed by atoms with Gasteiger partial charge < -0.3 is 11.1 Å². The molecule has 3 N–H and O–H groups in total. The average Bonchev–Trinajstić information content (AvgIpc) is 2.89. The molecule has 3 nitrogen and oxygen atoms in total. The maximum absolute atomic E-state index is 11.7. The van der Waals surface area contributed by atoms with Gasteiger partial charge in [-0.05, 0) is 37.1 Å². The zero-order valence-electron chi connectivity index (χ0n) is 11.8. The Morgan fingerprint density at radius 1 is 1.42 bits per heavy atom. The normalized spacial score (nSPS) is 10.9. The number of rotatable bonds is 8. The number of thiophene rings is 1. The lowest BCUT2D eigenvalue weighted by Gasteiger charge is -2.26. The summed E-state index contributed by atoms with van der Waals surface area (Å²) in [7, 11) is 0. The second kappa shape index (κ2) is 9.34. The molecule has 1 aromatic rings. The molecule has 0 spiro atoms. The highest BCUT2D eigenvalue weighted by atomic mass is 35.5. The quantitative estimate of drug-likeness (QED) is 0.775. The first-order valence-corrected chi connectivity index (χ1v) is 7.55. The summed E-state index contributed by atoms with van der Waals surface area (Å²) in [5, 5.41) is 5.01. The summed E-state index contributed by atoms with van der Waals surface area (Å²) in [6.45, 7) is 4.71. The van der Waals surface area contributed by atoms with Gasteiger partial charge in [-0.25, -0.2) is 0 Å². The van der Waals surface area contributed by atoms with Gasteiger partial charge >= 0.3 is 0 Å². The van der Waals surface area contributed by atoms with Crippen molar-refractivity contribution in [2.24, 2.45) is 5.73 Å². The molecule has 0 unspecified atom stereocenters. The first-order valence-electron chi connectivity index (χ1n) is 6.67. The maximum Gasteiger partial charge on any atom is 0.220 e. The van der Waals surface area contributed by atoms with Crippen LogP contribution in [0.5, 0.6) is 0 Å². The largest absolute Gasteiger partial charge is 0.354 e. The van der Waals surface area contributed by atoms with Crippen LogP contribution < -0.4 is 11.1 Å². The summed E-state index contributed by atoms with van der Waals surface area (Å²) < 4.78 is 0. The number of carbonyl (C=O) groups is 1. The molecule has 1 heterocycles. The van der Waals surface area contributed by atoms with Gasteiger partial charge in [0.05, 0.1) is 0 Å². The molecule has 0 saturated carbocycles. The van der Waals surface area contributed by atoms with Crippen LogP contribution in [0.2, 0.25) is 0 Å². The smallest absolute Gasteiger partial charge is 0.220 e. The second-order valence-electron chi connectivity index (χ2n) is 4.78. The van der Waals surface area contributed by atoms with E-state index in [0.717, 1.165) is 25.7 Å². The number of amides is 1. The van der Waals surface area contributed by atoms with Crippen molar-refractivity contribution in [3.05, 3.63) is 22.4 Å². The van der Waals surface area contributed by atoms with Crippen molar-refractivity contribution in [2.45, 2.75) is 51.5 Å². The molecule has 1 rings (SSSR count). The molecule has 0 aromatic carbocycles. The van der Waals surface area contributed by atoms with Crippen molar-refractivity contribution in [2.75, 3.05) is 6.54 Å². The van der Waals surface area contributed by atoms with E-state index in [1.807, 2.05) is 6.07 Å². The molecule has 5 heteroatoms. The van der Waals surface area contributed by atoms with Crippen LogP contribution in [-0.2, 0) is 11.2 Å². The Balaban J connectivity index is 0.00000324. The van der Waals surface area contributed by atoms with Gasteiger partial charge in [0.15, 0.2) is 0 Å². The highest BCUT2D eigenvalue weighted by Crippen LogP contribution is 2.12. The van der Waals surface area contributed by atoms with Gasteiger partial charge in [0, 0.05) is 23.4 Å². The molecule has 0 bridgehead atoms. The van der Waals surface area contributed by atoms with Crippen molar-refractivity contribution < 1.29 is 4.79 Å². The van der Waals surface area contributed by atoms with Crippen LogP contribution in [0.3, 0.4) is 0 Å². The number of hydrogen-bond acceptors (Lipinski definition) is 3. The molecule has 0 aliphatic carbocycles. The molecule has 0 fully saturated rings. The zero-order chi connectivity index (χ0) is 13.4. The summed E-state index contributed by atoms with van der Waals surface area (Å²) in [4.78, 5) is 13.0. The van der Waals surface area contributed by atoms with E-state index < -0.39 is 0 Å². The third-order valence-electron chi connectivity index (χ3n) is 3.45. The Morgan fingerprint density at radius 3 is 2.63 bits per heavy atom. The molecule has 1 aromatic heterocycles. The van der Waals surface area contributed by atoms with E-state index in [9.17, 15) is 4.79 Å². The van der Waals surface area contributed by atoms with E-state index >= 15 is 0 Å². The minimum absolute atomic E-state index is 0. The molecule has 0 atom stereocenters. The minimum atomic E-state index is -0.247. The van der Waals surface area contributed by atoms with Gasteiger partial charge in [-0.15, -0.1) is 23.7 Å². The molecule has 19 heavy (non-hydrogen) atoms. The molecule has 0 aliphatic rings. The third-order valence-corrected chi connectivity index (χ3v) is 4.39. The van der Waals surface area contributed by atoms with Gasteiger partial charge in [-0.2, -0.15) is 0 Å². The van der Waals surface area contributed by atoms with E-state index in [0.29, 0.717) is 13.0 Å². The van der Waals surface area contributed by atoms with Crippen molar-refractivity contribution in [1.29, 1.82) is 0 Å². The van der Waals surface area contributed by atoms with Gasteiger partial charge in [-0.1, -0.05) is 19.9 Å². The monoisotopic (exact) mass is 304 g/mol. The number of halogens is 1. The Hall–Kier alpha value is -0.580. The van der Waals surface area contributed by atoms with Gasteiger partial charge in [-0.3, -0.25) is 4.79 Å². The molecular weight excluding hydrogens is 280 g/mol. The summed E-state index contributed by atoms with van der Waals surface area (Å²) in [5.41, 5.74) is 5.89. The lowest BCUT2D eigenvalue weighted by Crippen LogP contribution is -2.49. The molecule has 0 radical (unpaired) electrons. The summed E-state index contributed by atoms with van der Waals surface area (Å²) in [6.07, 6.45) is 4.25. The summed E-state index contributed by atoms with van der Waals surface area (Å²) in [6, 6.07) is 4.16. The number of nitrogens with two attached hydrogens (primary N) is 1. The standard InChI is InChI=1S/C14H24N2OS.ClH/c1-3-14(15,4-2)11-16-13(17)9-5-7-12-8-6-10-18-12;/h6,8,10H,3-5,7,9,11,15H2,1-2H3,(H,16,17);1H. The fourth-order valence-corrected chi connectivity index (χ4v) is 2.49. The van der Waals surface area contributed by atoms with Crippen LogP contribution >= 0.6 is 23.7 Å². The van der Waals surface area contributed by atoms with Crippen molar-refractivity contribution in [3.8, 4) is 0 Å². The first-order chi connectivity index (χ1) is 8.59. The number of hydrogen-bond donors (Lipinski definition) is 2. The zero-order valence-corrected chi connectivity index (χ0v) is 13.4. The fraction of sp³-hybridized carbons (Fsp3) is 0.643. The maximum atomic E-state index is 11.7. The molecular formula is C14H25ClN2OS.